The van der Waals surface area contributed by atoms with Crippen molar-refractivity contribution in [2.45, 2.75) is 63.8 Å². The van der Waals surface area contributed by atoms with Gasteiger partial charge in [0, 0.05) is 5.92 Å². The van der Waals surface area contributed by atoms with E-state index in [2.05, 4.69) is 24.0 Å². The molecule has 4 heteroatoms. The molecule has 1 aromatic heterocycles. The van der Waals surface area contributed by atoms with Crippen LogP contribution in [0.1, 0.15) is 70.0 Å². The van der Waals surface area contributed by atoms with Crippen molar-refractivity contribution < 1.29 is 4.52 Å². The fourth-order valence-electron chi connectivity index (χ4n) is 3.08. The summed E-state index contributed by atoms with van der Waals surface area (Å²) in [5.41, 5.74) is 6.14. The van der Waals surface area contributed by atoms with Gasteiger partial charge in [-0.3, -0.25) is 0 Å². The normalized spacial score (nSPS) is 39.8. The minimum atomic E-state index is -0.342. The van der Waals surface area contributed by atoms with Gasteiger partial charge < -0.3 is 10.3 Å². The van der Waals surface area contributed by atoms with Crippen molar-refractivity contribution in [1.29, 1.82) is 0 Å². The van der Waals surface area contributed by atoms with Gasteiger partial charge in [-0.2, -0.15) is 4.98 Å². The minimum Gasteiger partial charge on any atom is -0.339 e. The van der Waals surface area contributed by atoms with Gasteiger partial charge in [0.15, 0.2) is 5.82 Å². The molecule has 0 spiro atoms. The van der Waals surface area contributed by atoms with Gasteiger partial charge in [-0.15, -0.1) is 0 Å². The standard InChI is InChI=1S/C14H23N3O/c1-3-10-4-6-14(15,7-5-10)13-16-12(18-17-13)11-8-9(11)2/h9-11H,3-8,15H2,1-2H3. The molecule has 2 fully saturated rings. The summed E-state index contributed by atoms with van der Waals surface area (Å²) in [7, 11) is 0. The van der Waals surface area contributed by atoms with E-state index in [9.17, 15) is 0 Å². The maximum absolute atomic E-state index is 6.48. The van der Waals surface area contributed by atoms with Gasteiger partial charge in [0.1, 0.15) is 0 Å². The summed E-state index contributed by atoms with van der Waals surface area (Å²) in [6.45, 7) is 4.48. The summed E-state index contributed by atoms with van der Waals surface area (Å²) in [5.74, 6) is 3.56. The Morgan fingerprint density at radius 3 is 2.61 bits per heavy atom. The summed E-state index contributed by atoms with van der Waals surface area (Å²) in [5, 5.41) is 4.15. The molecule has 2 aliphatic rings. The lowest BCUT2D eigenvalue weighted by Gasteiger charge is -2.34. The van der Waals surface area contributed by atoms with E-state index in [1.807, 2.05) is 0 Å². The third-order valence-electron chi connectivity index (χ3n) is 4.89. The van der Waals surface area contributed by atoms with Crippen molar-refractivity contribution in [3.05, 3.63) is 11.7 Å². The van der Waals surface area contributed by atoms with E-state index in [4.69, 9.17) is 10.3 Å². The fraction of sp³-hybridized carbons (Fsp3) is 0.857. The van der Waals surface area contributed by atoms with Crippen molar-refractivity contribution in [3.63, 3.8) is 0 Å². The summed E-state index contributed by atoms with van der Waals surface area (Å²) < 4.78 is 5.39. The maximum atomic E-state index is 6.48. The van der Waals surface area contributed by atoms with E-state index in [1.54, 1.807) is 0 Å². The largest absolute Gasteiger partial charge is 0.339 e. The molecule has 100 valence electrons. The van der Waals surface area contributed by atoms with Crippen LogP contribution in [0.15, 0.2) is 4.52 Å². The number of nitrogens with two attached hydrogens (primary N) is 1. The van der Waals surface area contributed by atoms with Crippen molar-refractivity contribution in [3.8, 4) is 0 Å². The van der Waals surface area contributed by atoms with E-state index in [0.717, 1.165) is 30.5 Å². The van der Waals surface area contributed by atoms with Gasteiger partial charge in [0.05, 0.1) is 5.54 Å². The smallest absolute Gasteiger partial charge is 0.230 e. The first kappa shape index (κ1) is 12.2. The Bertz CT molecular complexity index is 420. The first-order valence-corrected chi connectivity index (χ1v) is 7.25. The molecule has 1 aromatic rings. The third kappa shape index (κ3) is 2.07. The Morgan fingerprint density at radius 1 is 1.39 bits per heavy atom. The first-order chi connectivity index (χ1) is 8.62. The molecule has 2 unspecified atom stereocenters. The summed E-state index contributed by atoms with van der Waals surface area (Å²) in [6.07, 6.45) is 6.80. The molecule has 4 nitrogen and oxygen atoms in total. The second-order valence-electron chi connectivity index (χ2n) is 6.28. The quantitative estimate of drug-likeness (QED) is 0.894. The lowest BCUT2D eigenvalue weighted by molar-refractivity contribution is 0.216. The Hall–Kier alpha value is -0.900. The molecule has 0 radical (unpaired) electrons. The molecule has 0 amide bonds. The molecular formula is C14H23N3O. The molecule has 0 aromatic carbocycles. The van der Waals surface area contributed by atoms with Gasteiger partial charge in [-0.25, -0.2) is 0 Å². The van der Waals surface area contributed by atoms with E-state index >= 15 is 0 Å². The van der Waals surface area contributed by atoms with Crippen molar-refractivity contribution in [1.82, 2.24) is 10.1 Å². The van der Waals surface area contributed by atoms with E-state index in [0.29, 0.717) is 11.8 Å². The fourth-order valence-corrected chi connectivity index (χ4v) is 3.08. The molecule has 3 rings (SSSR count). The van der Waals surface area contributed by atoms with Crippen LogP contribution < -0.4 is 5.73 Å². The van der Waals surface area contributed by atoms with Gasteiger partial charge >= 0.3 is 0 Å². The van der Waals surface area contributed by atoms with Crippen LogP contribution >= 0.6 is 0 Å². The zero-order chi connectivity index (χ0) is 12.8. The number of nitrogens with zero attached hydrogens (tertiary/aromatic N) is 2. The summed E-state index contributed by atoms with van der Waals surface area (Å²) >= 11 is 0. The van der Waals surface area contributed by atoms with Gasteiger partial charge in [-0.1, -0.05) is 25.4 Å². The predicted octanol–water partition coefficient (Wildman–Crippen LogP) is 2.95. The van der Waals surface area contributed by atoms with Crippen molar-refractivity contribution in [2.75, 3.05) is 0 Å². The number of aromatic nitrogens is 2. The Labute approximate surface area is 108 Å². The van der Waals surface area contributed by atoms with Gasteiger partial charge in [-0.05, 0) is 43.9 Å². The van der Waals surface area contributed by atoms with Crippen molar-refractivity contribution in [2.24, 2.45) is 17.6 Å². The number of hydrogen-bond donors (Lipinski definition) is 1. The first-order valence-electron chi connectivity index (χ1n) is 7.25. The van der Waals surface area contributed by atoms with Crippen LogP contribution in [0.4, 0.5) is 0 Å². The van der Waals surface area contributed by atoms with Crippen LogP contribution in [0.2, 0.25) is 0 Å². The second kappa shape index (κ2) is 4.34. The molecule has 2 saturated carbocycles. The Kier molecular flexibility index (Phi) is 2.93. The lowest BCUT2D eigenvalue weighted by atomic mass is 9.76. The number of hydrogen-bond acceptors (Lipinski definition) is 4. The zero-order valence-corrected chi connectivity index (χ0v) is 11.4. The highest BCUT2D eigenvalue weighted by Crippen LogP contribution is 2.47. The van der Waals surface area contributed by atoms with E-state index < -0.39 is 0 Å². The van der Waals surface area contributed by atoms with Gasteiger partial charge in [0.25, 0.3) is 0 Å². The predicted molar refractivity (Wildman–Crippen MR) is 68.9 cm³/mol. The molecule has 2 N–H and O–H groups in total. The molecule has 2 aliphatic carbocycles. The van der Waals surface area contributed by atoms with Crippen molar-refractivity contribution >= 4 is 0 Å². The van der Waals surface area contributed by atoms with Crippen LogP contribution in [0, 0.1) is 11.8 Å². The highest BCUT2D eigenvalue weighted by atomic mass is 16.5. The highest BCUT2D eigenvalue weighted by molar-refractivity contribution is 5.11. The molecule has 18 heavy (non-hydrogen) atoms. The van der Waals surface area contributed by atoms with Gasteiger partial charge in [0.2, 0.25) is 5.89 Å². The van der Waals surface area contributed by atoms with Crippen LogP contribution in [-0.2, 0) is 5.54 Å². The lowest BCUT2D eigenvalue weighted by Crippen LogP contribution is -2.41. The zero-order valence-electron chi connectivity index (χ0n) is 11.4. The third-order valence-corrected chi connectivity index (χ3v) is 4.89. The molecule has 0 saturated heterocycles. The van der Waals surface area contributed by atoms with E-state index in [-0.39, 0.29) is 5.54 Å². The van der Waals surface area contributed by atoms with Crippen LogP contribution in [0.5, 0.6) is 0 Å². The topological polar surface area (TPSA) is 64.9 Å². The average molecular weight is 249 g/mol. The SMILES string of the molecule is CCC1CCC(N)(c2noc(C3CC3C)n2)CC1. The highest BCUT2D eigenvalue weighted by Gasteiger charge is 2.42. The number of rotatable bonds is 3. The molecule has 0 bridgehead atoms. The maximum Gasteiger partial charge on any atom is 0.230 e. The minimum absolute atomic E-state index is 0.342. The summed E-state index contributed by atoms with van der Waals surface area (Å²) in [4.78, 5) is 4.57. The molecule has 0 aliphatic heterocycles. The second-order valence-corrected chi connectivity index (χ2v) is 6.28. The van der Waals surface area contributed by atoms with E-state index in [1.165, 1.54) is 25.7 Å². The van der Waals surface area contributed by atoms with Crippen LogP contribution in [0.3, 0.4) is 0 Å². The Balaban J connectivity index is 1.72. The van der Waals surface area contributed by atoms with Crippen LogP contribution in [0.25, 0.3) is 0 Å². The summed E-state index contributed by atoms with van der Waals surface area (Å²) in [6, 6.07) is 0. The molecule has 1 heterocycles. The monoisotopic (exact) mass is 249 g/mol. The average Bonchev–Trinajstić information content (AvgIpc) is 2.92. The molecular weight excluding hydrogens is 226 g/mol. The van der Waals surface area contributed by atoms with Crippen LogP contribution in [-0.4, -0.2) is 10.1 Å². The molecule has 2 atom stereocenters. The Morgan fingerprint density at radius 2 is 2.06 bits per heavy atom.